The second-order valence-corrected chi connectivity index (χ2v) is 9.71. The lowest BCUT2D eigenvalue weighted by Gasteiger charge is -2.33. The van der Waals surface area contributed by atoms with Crippen molar-refractivity contribution in [2.45, 2.75) is 18.4 Å². The Morgan fingerprint density at radius 1 is 1.10 bits per heavy atom. The number of nitrogens with zero attached hydrogens (tertiary/aromatic N) is 3. The summed E-state index contributed by atoms with van der Waals surface area (Å²) in [6.45, 7) is 4.45. The Kier molecular flexibility index (Phi) is 6.34. The van der Waals surface area contributed by atoms with E-state index in [9.17, 15) is 8.42 Å². The number of aromatic nitrogens is 1. The van der Waals surface area contributed by atoms with Gasteiger partial charge in [-0.1, -0.05) is 29.8 Å². The Morgan fingerprint density at radius 2 is 1.81 bits per heavy atom. The lowest BCUT2D eigenvalue weighted by molar-refractivity contribution is 0.179. The van der Waals surface area contributed by atoms with E-state index in [1.54, 1.807) is 12.1 Å². The fourth-order valence-corrected chi connectivity index (χ4v) is 5.45. The number of sulfonamides is 1. The summed E-state index contributed by atoms with van der Waals surface area (Å²) in [6, 6.07) is 14.4. The van der Waals surface area contributed by atoms with E-state index in [0.717, 1.165) is 17.0 Å². The number of aryl methyl sites for hydroxylation is 1. The van der Waals surface area contributed by atoms with Crippen LogP contribution in [0.4, 0.5) is 0 Å². The van der Waals surface area contributed by atoms with E-state index < -0.39 is 10.0 Å². The minimum absolute atomic E-state index is 0.0933. The largest absolute Gasteiger partial charge is 0.495 e. The average molecular weight is 462 g/mol. The molecule has 0 amide bonds. The van der Waals surface area contributed by atoms with Crippen LogP contribution in [0, 0.1) is 6.92 Å². The maximum Gasteiger partial charge on any atom is 0.246 e. The lowest BCUT2D eigenvalue weighted by atomic mass is 10.2. The van der Waals surface area contributed by atoms with Gasteiger partial charge in [-0.05, 0) is 37.3 Å². The molecule has 0 spiro atoms. The summed E-state index contributed by atoms with van der Waals surface area (Å²) < 4.78 is 38.8. The monoisotopic (exact) mass is 461 g/mol. The second kappa shape index (κ2) is 9.00. The molecule has 1 fully saturated rings. The molecule has 0 bridgehead atoms. The molecule has 1 aliphatic heterocycles. The molecule has 31 heavy (non-hydrogen) atoms. The second-order valence-electron chi connectivity index (χ2n) is 7.36. The van der Waals surface area contributed by atoms with Gasteiger partial charge in [0, 0.05) is 43.3 Å². The molecule has 0 radical (unpaired) electrons. The van der Waals surface area contributed by atoms with Gasteiger partial charge in [-0.2, -0.15) is 4.31 Å². The molecule has 9 heteroatoms. The third kappa shape index (κ3) is 4.62. The van der Waals surface area contributed by atoms with Crippen LogP contribution in [0.3, 0.4) is 0 Å². The van der Waals surface area contributed by atoms with E-state index in [0.29, 0.717) is 49.4 Å². The molecule has 2 heterocycles. The summed E-state index contributed by atoms with van der Waals surface area (Å²) >= 11 is 6.03. The first-order chi connectivity index (χ1) is 14.9. The fraction of sp³-hybridized carbons (Fsp3) is 0.318. The van der Waals surface area contributed by atoms with E-state index in [-0.39, 0.29) is 4.90 Å². The smallest absolute Gasteiger partial charge is 0.246 e. The van der Waals surface area contributed by atoms with Gasteiger partial charge >= 0.3 is 0 Å². The Morgan fingerprint density at radius 3 is 2.48 bits per heavy atom. The number of halogens is 1. The van der Waals surface area contributed by atoms with Crippen molar-refractivity contribution in [3.05, 3.63) is 65.0 Å². The highest BCUT2D eigenvalue weighted by atomic mass is 35.5. The molecule has 0 N–H and O–H groups in total. The molecule has 1 aliphatic rings. The lowest BCUT2D eigenvalue weighted by Crippen LogP contribution is -2.48. The molecule has 1 saturated heterocycles. The summed E-state index contributed by atoms with van der Waals surface area (Å²) in [4.78, 5) is 6.93. The van der Waals surface area contributed by atoms with Crippen molar-refractivity contribution in [3.63, 3.8) is 0 Å². The first kappa shape index (κ1) is 21.8. The van der Waals surface area contributed by atoms with Crippen molar-refractivity contribution in [3.8, 4) is 17.2 Å². The average Bonchev–Trinajstić information content (AvgIpc) is 3.15. The van der Waals surface area contributed by atoms with Gasteiger partial charge in [0.2, 0.25) is 15.9 Å². The first-order valence-electron chi connectivity index (χ1n) is 9.96. The topological polar surface area (TPSA) is 75.9 Å². The maximum atomic E-state index is 13.1. The van der Waals surface area contributed by atoms with Gasteiger partial charge in [0.15, 0.2) is 0 Å². The van der Waals surface area contributed by atoms with Gasteiger partial charge in [-0.15, -0.1) is 0 Å². The Labute approximate surface area is 187 Å². The minimum atomic E-state index is -3.70. The number of methoxy groups -OCH3 is 1. The molecule has 7 nitrogen and oxygen atoms in total. The third-order valence-electron chi connectivity index (χ3n) is 5.36. The zero-order chi connectivity index (χ0) is 22.0. The molecule has 1 aromatic heterocycles. The van der Waals surface area contributed by atoms with Crippen molar-refractivity contribution < 1.29 is 17.6 Å². The predicted octanol–water partition coefficient (Wildman–Crippen LogP) is 3.82. The van der Waals surface area contributed by atoms with Crippen LogP contribution in [0.25, 0.3) is 11.5 Å². The molecule has 3 aromatic rings. The van der Waals surface area contributed by atoms with E-state index in [1.807, 2.05) is 37.3 Å². The number of rotatable bonds is 6. The summed E-state index contributed by atoms with van der Waals surface area (Å²) in [7, 11) is -2.25. The number of hydrogen-bond donors (Lipinski definition) is 0. The SMILES string of the molecule is COc1ccc(Cl)cc1S(=O)(=O)N1CCN(Cc2nc(-c3ccccc3)oc2C)CC1. The van der Waals surface area contributed by atoms with Gasteiger partial charge < -0.3 is 9.15 Å². The van der Waals surface area contributed by atoms with Crippen LogP contribution in [0.2, 0.25) is 5.02 Å². The number of ether oxygens (including phenoxy) is 1. The van der Waals surface area contributed by atoms with Crippen LogP contribution in [-0.2, 0) is 16.6 Å². The van der Waals surface area contributed by atoms with Gasteiger partial charge in [-0.3, -0.25) is 4.90 Å². The number of piperazine rings is 1. The molecule has 164 valence electrons. The number of hydrogen-bond acceptors (Lipinski definition) is 6. The zero-order valence-electron chi connectivity index (χ0n) is 17.4. The van der Waals surface area contributed by atoms with Gasteiger partial charge in [-0.25, -0.2) is 13.4 Å². The van der Waals surface area contributed by atoms with E-state index in [1.165, 1.54) is 17.5 Å². The van der Waals surface area contributed by atoms with Crippen LogP contribution in [-0.4, -0.2) is 55.9 Å². The molecule has 0 aliphatic carbocycles. The van der Waals surface area contributed by atoms with Gasteiger partial charge in [0.05, 0.1) is 12.8 Å². The molecular weight excluding hydrogens is 438 g/mol. The molecule has 0 atom stereocenters. The van der Waals surface area contributed by atoms with Crippen LogP contribution in [0.15, 0.2) is 57.8 Å². The highest BCUT2D eigenvalue weighted by Crippen LogP contribution is 2.30. The summed E-state index contributed by atoms with van der Waals surface area (Å²) in [6.07, 6.45) is 0. The molecule has 2 aromatic carbocycles. The first-order valence-corrected chi connectivity index (χ1v) is 11.8. The van der Waals surface area contributed by atoms with Crippen molar-refractivity contribution in [1.29, 1.82) is 0 Å². The predicted molar refractivity (Wildman–Crippen MR) is 119 cm³/mol. The van der Waals surface area contributed by atoms with Crippen LogP contribution >= 0.6 is 11.6 Å². The number of benzene rings is 2. The van der Waals surface area contributed by atoms with Crippen molar-refractivity contribution in [2.75, 3.05) is 33.3 Å². The van der Waals surface area contributed by atoms with E-state index in [4.69, 9.17) is 20.8 Å². The summed E-state index contributed by atoms with van der Waals surface area (Å²) in [5.41, 5.74) is 1.80. The molecule has 4 rings (SSSR count). The minimum Gasteiger partial charge on any atom is -0.495 e. The highest BCUT2D eigenvalue weighted by molar-refractivity contribution is 7.89. The van der Waals surface area contributed by atoms with E-state index in [2.05, 4.69) is 9.88 Å². The van der Waals surface area contributed by atoms with E-state index >= 15 is 0 Å². The van der Waals surface area contributed by atoms with Crippen molar-refractivity contribution in [1.82, 2.24) is 14.2 Å². The Balaban J connectivity index is 1.44. The van der Waals surface area contributed by atoms with Crippen LogP contribution in [0.1, 0.15) is 11.5 Å². The Hall–Kier alpha value is -2.39. The third-order valence-corrected chi connectivity index (χ3v) is 7.52. The standard InChI is InChI=1S/C22H24ClN3O4S/c1-16-19(24-22(30-16)17-6-4-3-5-7-17)15-25-10-12-26(13-11-25)31(27,28)21-14-18(23)8-9-20(21)29-2/h3-9,14H,10-13,15H2,1-2H3. The van der Waals surface area contributed by atoms with Crippen LogP contribution < -0.4 is 4.74 Å². The van der Waals surface area contributed by atoms with Crippen LogP contribution in [0.5, 0.6) is 5.75 Å². The number of oxazole rings is 1. The quantitative estimate of drug-likeness (QED) is 0.555. The summed E-state index contributed by atoms with van der Waals surface area (Å²) in [5, 5.41) is 0.355. The zero-order valence-corrected chi connectivity index (χ0v) is 19.0. The molecule has 0 saturated carbocycles. The molecule has 0 unspecified atom stereocenters. The maximum absolute atomic E-state index is 13.1. The Bertz CT molecular complexity index is 1160. The summed E-state index contributed by atoms with van der Waals surface area (Å²) in [5.74, 6) is 1.67. The van der Waals surface area contributed by atoms with Gasteiger partial charge in [0.1, 0.15) is 16.4 Å². The van der Waals surface area contributed by atoms with Crippen molar-refractivity contribution >= 4 is 21.6 Å². The highest BCUT2D eigenvalue weighted by Gasteiger charge is 2.31. The van der Waals surface area contributed by atoms with Crippen molar-refractivity contribution in [2.24, 2.45) is 0 Å². The normalized spacial score (nSPS) is 15.8. The molecular formula is C22H24ClN3O4S. The fourth-order valence-electron chi connectivity index (χ4n) is 3.61. The van der Waals surface area contributed by atoms with Gasteiger partial charge in [0.25, 0.3) is 0 Å².